The summed E-state index contributed by atoms with van der Waals surface area (Å²) in [6.45, 7) is 10.5. The van der Waals surface area contributed by atoms with Gasteiger partial charge >= 0.3 is 0 Å². The molecule has 29 heavy (non-hydrogen) atoms. The number of halogens is 1. The predicted molar refractivity (Wildman–Crippen MR) is 111 cm³/mol. The van der Waals surface area contributed by atoms with Crippen molar-refractivity contribution in [1.82, 2.24) is 5.32 Å². The number of Topliss-reactive ketones (excluding diaryl/α,β-unsaturated/α-hetero) is 1. The molecule has 1 saturated heterocycles. The van der Waals surface area contributed by atoms with E-state index in [0.717, 1.165) is 62.9 Å². The molecule has 4 nitrogen and oxygen atoms in total. The summed E-state index contributed by atoms with van der Waals surface area (Å²) in [6, 6.07) is 0. The van der Waals surface area contributed by atoms with Crippen LogP contribution in [0.3, 0.4) is 0 Å². The van der Waals surface area contributed by atoms with E-state index in [1.807, 2.05) is 0 Å². The van der Waals surface area contributed by atoms with Crippen molar-refractivity contribution in [1.29, 1.82) is 0 Å². The smallest absolute Gasteiger partial charge is 0.141 e. The molecule has 0 aromatic rings. The SMILES string of the molecule is C=C1C(F)CC2C3CC(=O)C4CC(=NOC5CCNC5)CCC4(C)C3CCC12C. The van der Waals surface area contributed by atoms with Crippen LogP contribution >= 0.6 is 0 Å². The highest BCUT2D eigenvalue weighted by atomic mass is 19.1. The van der Waals surface area contributed by atoms with Crippen molar-refractivity contribution < 1.29 is 14.0 Å². The molecule has 0 amide bonds. The topological polar surface area (TPSA) is 50.7 Å². The quantitative estimate of drug-likeness (QED) is 0.548. The maximum atomic E-state index is 14.6. The van der Waals surface area contributed by atoms with Gasteiger partial charge in [0, 0.05) is 25.3 Å². The van der Waals surface area contributed by atoms with Gasteiger partial charge < -0.3 is 10.2 Å². The van der Waals surface area contributed by atoms with E-state index in [4.69, 9.17) is 4.84 Å². The zero-order chi connectivity index (χ0) is 20.4. The third-order valence-electron chi connectivity index (χ3n) is 9.61. The Balaban J connectivity index is 1.36. The summed E-state index contributed by atoms with van der Waals surface area (Å²) in [5.41, 5.74) is 1.75. The summed E-state index contributed by atoms with van der Waals surface area (Å²) in [5, 5.41) is 7.77. The molecule has 5 fully saturated rings. The summed E-state index contributed by atoms with van der Waals surface area (Å²) in [7, 11) is 0. The van der Waals surface area contributed by atoms with E-state index in [0.29, 0.717) is 30.5 Å². The van der Waals surface area contributed by atoms with Gasteiger partial charge in [0.2, 0.25) is 0 Å². The van der Waals surface area contributed by atoms with Crippen molar-refractivity contribution in [2.45, 2.75) is 77.5 Å². The number of nitrogens with zero attached hydrogens (tertiary/aromatic N) is 1. The Morgan fingerprint density at radius 3 is 2.79 bits per heavy atom. The van der Waals surface area contributed by atoms with Gasteiger partial charge in [-0.25, -0.2) is 4.39 Å². The molecule has 5 aliphatic rings. The Morgan fingerprint density at radius 2 is 2.03 bits per heavy atom. The third kappa shape index (κ3) is 2.94. The first-order valence-electron chi connectivity index (χ1n) is 11.6. The predicted octanol–water partition coefficient (Wildman–Crippen LogP) is 4.45. The number of hydrogen-bond acceptors (Lipinski definition) is 4. The Bertz CT molecular complexity index is 745. The highest BCUT2D eigenvalue weighted by Gasteiger charge is 2.62. The highest BCUT2D eigenvalue weighted by molar-refractivity contribution is 5.93. The Labute approximate surface area is 173 Å². The lowest BCUT2D eigenvalue weighted by Gasteiger charge is -2.59. The number of rotatable bonds is 2. The standard InChI is InChI=1S/C24H35FN2O2/c1-14-21(25)12-19-17-11-22(28)20-10-15(27-29-16-6-9-26-13-16)4-7-24(20,3)18(17)5-8-23(14,19)2/h16-21,26H,1,4-13H2,2-3H3. The van der Waals surface area contributed by atoms with Crippen LogP contribution in [0.25, 0.3) is 0 Å². The minimum absolute atomic E-state index is 0.0188. The number of fused-ring (bicyclic) bond motifs is 5. The second-order valence-corrected chi connectivity index (χ2v) is 10.9. The number of carbonyl (C=O) groups is 1. The molecule has 5 rings (SSSR count). The van der Waals surface area contributed by atoms with Crippen molar-refractivity contribution in [3.63, 3.8) is 0 Å². The van der Waals surface area contributed by atoms with Crippen LogP contribution in [0, 0.1) is 34.5 Å². The van der Waals surface area contributed by atoms with E-state index < -0.39 is 6.17 Å². The van der Waals surface area contributed by atoms with Crippen molar-refractivity contribution in [3.8, 4) is 0 Å². The van der Waals surface area contributed by atoms with E-state index in [2.05, 4.69) is 30.9 Å². The number of alkyl halides is 1. The van der Waals surface area contributed by atoms with Crippen molar-refractivity contribution in [2.75, 3.05) is 13.1 Å². The minimum Gasteiger partial charge on any atom is -0.391 e. The molecule has 160 valence electrons. The molecular weight excluding hydrogens is 367 g/mol. The van der Waals surface area contributed by atoms with Crippen LogP contribution in [0.4, 0.5) is 4.39 Å². The van der Waals surface area contributed by atoms with E-state index >= 15 is 0 Å². The van der Waals surface area contributed by atoms with Crippen molar-refractivity contribution in [2.24, 2.45) is 39.7 Å². The zero-order valence-electron chi connectivity index (χ0n) is 17.9. The molecule has 0 radical (unpaired) electrons. The minimum atomic E-state index is -0.892. The highest BCUT2D eigenvalue weighted by Crippen LogP contribution is 2.66. The lowest BCUT2D eigenvalue weighted by Crippen LogP contribution is -2.56. The Hall–Kier alpha value is -1.23. The summed E-state index contributed by atoms with van der Waals surface area (Å²) >= 11 is 0. The van der Waals surface area contributed by atoms with Crippen LogP contribution in [0.5, 0.6) is 0 Å². The molecule has 0 aromatic carbocycles. The summed E-state index contributed by atoms with van der Waals surface area (Å²) in [5.74, 6) is 1.54. The summed E-state index contributed by atoms with van der Waals surface area (Å²) < 4.78 is 14.6. The average Bonchev–Trinajstić information content (AvgIpc) is 3.29. The van der Waals surface area contributed by atoms with Gasteiger partial charge in [0.15, 0.2) is 0 Å². The lowest BCUT2D eigenvalue weighted by molar-refractivity contribution is -0.147. The van der Waals surface area contributed by atoms with Gasteiger partial charge in [-0.1, -0.05) is 25.6 Å². The van der Waals surface area contributed by atoms with Gasteiger partial charge in [0.25, 0.3) is 0 Å². The molecule has 0 spiro atoms. The average molecular weight is 403 g/mol. The fraction of sp³-hybridized carbons (Fsp3) is 0.833. The van der Waals surface area contributed by atoms with E-state index in [9.17, 15) is 9.18 Å². The van der Waals surface area contributed by atoms with Crippen molar-refractivity contribution >= 4 is 11.5 Å². The third-order valence-corrected chi connectivity index (χ3v) is 9.61. The number of ketones is 1. The van der Waals surface area contributed by atoms with Crippen LogP contribution in [-0.4, -0.2) is 36.9 Å². The second-order valence-electron chi connectivity index (χ2n) is 10.9. The van der Waals surface area contributed by atoms with Gasteiger partial charge in [-0.05, 0) is 79.2 Å². The molecule has 1 N–H and O–H groups in total. The number of carbonyl (C=O) groups excluding carboxylic acids is 1. The van der Waals surface area contributed by atoms with E-state index in [1.54, 1.807) is 0 Å². The maximum Gasteiger partial charge on any atom is 0.141 e. The summed E-state index contributed by atoms with van der Waals surface area (Å²) in [6.07, 6.45) is 6.25. The monoisotopic (exact) mass is 402 g/mol. The largest absolute Gasteiger partial charge is 0.391 e. The molecule has 1 heterocycles. The zero-order valence-corrected chi connectivity index (χ0v) is 17.9. The fourth-order valence-electron chi connectivity index (χ4n) is 7.68. The molecule has 0 aromatic heterocycles. The Morgan fingerprint density at radius 1 is 1.21 bits per heavy atom. The van der Waals surface area contributed by atoms with Crippen LogP contribution in [0.2, 0.25) is 0 Å². The number of nitrogens with one attached hydrogen (secondary N) is 1. The molecular formula is C24H35FN2O2. The van der Waals surface area contributed by atoms with Crippen LogP contribution < -0.4 is 5.32 Å². The molecule has 4 saturated carbocycles. The molecule has 5 heteroatoms. The number of oxime groups is 1. The first-order chi connectivity index (χ1) is 13.8. The lowest BCUT2D eigenvalue weighted by atomic mass is 9.45. The van der Waals surface area contributed by atoms with Crippen LogP contribution in [0.1, 0.15) is 65.2 Å². The molecule has 1 aliphatic heterocycles. The van der Waals surface area contributed by atoms with E-state index in [1.165, 1.54) is 0 Å². The summed E-state index contributed by atoms with van der Waals surface area (Å²) in [4.78, 5) is 19.1. The van der Waals surface area contributed by atoms with E-state index in [-0.39, 0.29) is 28.8 Å². The van der Waals surface area contributed by atoms with Crippen LogP contribution in [-0.2, 0) is 9.63 Å². The Kier molecular flexibility index (Phi) is 4.69. The first-order valence-corrected chi connectivity index (χ1v) is 11.6. The van der Waals surface area contributed by atoms with Gasteiger partial charge in [-0.2, -0.15) is 0 Å². The first kappa shape index (κ1) is 19.7. The van der Waals surface area contributed by atoms with Crippen LogP contribution in [0.15, 0.2) is 17.3 Å². The molecule has 8 atom stereocenters. The fourth-order valence-corrected chi connectivity index (χ4v) is 7.68. The number of hydrogen-bond donors (Lipinski definition) is 1. The van der Waals surface area contributed by atoms with Gasteiger partial charge in [0.05, 0.1) is 5.71 Å². The normalized spacial score (nSPS) is 50.9. The molecule has 4 aliphatic carbocycles. The van der Waals surface area contributed by atoms with Gasteiger partial charge in [-0.15, -0.1) is 0 Å². The van der Waals surface area contributed by atoms with Gasteiger partial charge in [0.1, 0.15) is 18.1 Å². The second kappa shape index (κ2) is 6.90. The molecule has 0 bridgehead atoms. The van der Waals surface area contributed by atoms with Gasteiger partial charge in [-0.3, -0.25) is 4.79 Å². The molecule has 8 unspecified atom stereocenters. The van der Waals surface area contributed by atoms with Crippen molar-refractivity contribution in [3.05, 3.63) is 12.2 Å². The number of allylic oxidation sites excluding steroid dienone is 1. The maximum absolute atomic E-state index is 14.6.